The number of hydrogen-bond donors (Lipinski definition) is 0. The molecule has 74 valence electrons. The highest BCUT2D eigenvalue weighted by molar-refractivity contribution is 5.18. The van der Waals surface area contributed by atoms with Crippen LogP contribution in [0.4, 0.5) is 0 Å². The van der Waals surface area contributed by atoms with Crippen molar-refractivity contribution in [3.05, 3.63) is 73.6 Å². The Morgan fingerprint density at radius 3 is 1.57 bits per heavy atom. The molecule has 0 fully saturated rings. The molecule has 0 radical (unpaired) electrons. The molecule has 0 aliphatic rings. The zero-order valence-electron chi connectivity index (χ0n) is 8.47. The Bertz CT molecular complexity index is 265. The molecule has 1 nitrogen and oxygen atoms in total. The number of methoxy groups -OCH3 is 1. The minimum atomic E-state index is 1.62. The summed E-state index contributed by atoms with van der Waals surface area (Å²) >= 11 is 0. The maximum absolute atomic E-state index is 4.73. The van der Waals surface area contributed by atoms with E-state index >= 15 is 0 Å². The summed E-state index contributed by atoms with van der Waals surface area (Å²) in [5.41, 5.74) is 0. The van der Waals surface area contributed by atoms with Crippen molar-refractivity contribution >= 4 is 0 Å². The van der Waals surface area contributed by atoms with Crippen molar-refractivity contribution in [1.82, 2.24) is 0 Å². The highest BCUT2D eigenvalue weighted by atomic mass is 16.5. The van der Waals surface area contributed by atoms with Crippen LogP contribution >= 0.6 is 0 Å². The summed E-state index contributed by atoms with van der Waals surface area (Å²) in [6, 6.07) is 0. The molecule has 0 atom stereocenters. The van der Waals surface area contributed by atoms with Gasteiger partial charge in [-0.1, -0.05) is 61.3 Å². The van der Waals surface area contributed by atoms with Gasteiger partial charge < -0.3 is 4.74 Å². The second-order valence-electron chi connectivity index (χ2n) is 2.34. The largest absolute Gasteiger partial charge is 0.504 e. The Kier molecular flexibility index (Phi) is 9.83. The van der Waals surface area contributed by atoms with Gasteiger partial charge in [0.25, 0.3) is 0 Å². The molecular formula is C13H16O. The van der Waals surface area contributed by atoms with Crippen LogP contribution in [0.3, 0.4) is 0 Å². The van der Waals surface area contributed by atoms with Crippen LogP contribution in [0.2, 0.25) is 0 Å². The summed E-state index contributed by atoms with van der Waals surface area (Å²) < 4.78 is 4.73. The molecule has 1 heteroatoms. The predicted octanol–water partition coefficient (Wildman–Crippen LogP) is 3.56. The van der Waals surface area contributed by atoms with Crippen LogP contribution in [0.15, 0.2) is 73.6 Å². The highest BCUT2D eigenvalue weighted by Crippen LogP contribution is 1.83. The van der Waals surface area contributed by atoms with Gasteiger partial charge in [-0.3, -0.25) is 0 Å². The second-order valence-corrected chi connectivity index (χ2v) is 2.34. The summed E-state index contributed by atoms with van der Waals surface area (Å²) in [4.78, 5) is 0. The highest BCUT2D eigenvalue weighted by Gasteiger charge is 1.63. The Morgan fingerprint density at radius 1 is 0.714 bits per heavy atom. The lowest BCUT2D eigenvalue weighted by Gasteiger charge is -1.79. The third kappa shape index (κ3) is 10.2. The van der Waals surface area contributed by atoms with Crippen LogP contribution < -0.4 is 0 Å². The monoisotopic (exact) mass is 188 g/mol. The smallest absolute Gasteiger partial charge is 0.0824 e. The van der Waals surface area contributed by atoms with Crippen LogP contribution in [0.1, 0.15) is 0 Å². The van der Waals surface area contributed by atoms with Crippen molar-refractivity contribution in [1.29, 1.82) is 0 Å². The molecule has 0 saturated heterocycles. The lowest BCUT2D eigenvalue weighted by atomic mass is 10.4. The number of allylic oxidation sites excluding steroid dienone is 10. The first-order valence-electron chi connectivity index (χ1n) is 4.39. The summed E-state index contributed by atoms with van der Waals surface area (Å²) in [6.07, 6.45) is 20.6. The quantitative estimate of drug-likeness (QED) is 0.457. The summed E-state index contributed by atoms with van der Waals surface area (Å²) in [5, 5.41) is 0. The Hall–Kier alpha value is -1.76. The van der Waals surface area contributed by atoms with Crippen LogP contribution in [0.5, 0.6) is 0 Å². The van der Waals surface area contributed by atoms with Gasteiger partial charge >= 0.3 is 0 Å². The number of ether oxygens (including phenoxy) is 1. The van der Waals surface area contributed by atoms with Crippen molar-refractivity contribution in [2.45, 2.75) is 0 Å². The van der Waals surface area contributed by atoms with Gasteiger partial charge in [0.15, 0.2) is 0 Å². The van der Waals surface area contributed by atoms with E-state index in [1.165, 1.54) is 0 Å². The number of hydrogen-bond acceptors (Lipinski definition) is 1. The molecule has 0 aliphatic carbocycles. The zero-order chi connectivity index (χ0) is 10.5. The van der Waals surface area contributed by atoms with E-state index in [2.05, 4.69) is 6.58 Å². The Balaban J connectivity index is 3.67. The van der Waals surface area contributed by atoms with Crippen LogP contribution in [-0.2, 0) is 4.74 Å². The van der Waals surface area contributed by atoms with E-state index in [0.29, 0.717) is 0 Å². The third-order valence-electron chi connectivity index (χ3n) is 1.24. The SMILES string of the molecule is C=C/C=C/C=C/C=C/C=C/C=C/OC. The zero-order valence-corrected chi connectivity index (χ0v) is 8.47. The molecule has 0 unspecified atom stereocenters. The fourth-order valence-corrected chi connectivity index (χ4v) is 0.652. The fourth-order valence-electron chi connectivity index (χ4n) is 0.652. The first-order valence-corrected chi connectivity index (χ1v) is 4.39. The van der Waals surface area contributed by atoms with Crippen molar-refractivity contribution in [2.24, 2.45) is 0 Å². The normalized spacial score (nSPS) is 12.9. The van der Waals surface area contributed by atoms with E-state index in [1.54, 1.807) is 19.4 Å². The van der Waals surface area contributed by atoms with Gasteiger partial charge in [-0.05, 0) is 6.08 Å². The molecule has 0 bridgehead atoms. The summed E-state index contributed by atoms with van der Waals surface area (Å²) in [7, 11) is 1.62. The minimum Gasteiger partial charge on any atom is -0.504 e. The van der Waals surface area contributed by atoms with Gasteiger partial charge in [0.2, 0.25) is 0 Å². The molecule has 0 heterocycles. The molecule has 0 aromatic rings. The summed E-state index contributed by atoms with van der Waals surface area (Å²) in [5.74, 6) is 0. The molecule has 0 amide bonds. The topological polar surface area (TPSA) is 9.23 Å². The predicted molar refractivity (Wildman–Crippen MR) is 62.9 cm³/mol. The molecule has 0 N–H and O–H groups in total. The maximum Gasteiger partial charge on any atom is 0.0824 e. The molecule has 0 aromatic carbocycles. The first-order chi connectivity index (χ1) is 6.91. The molecule has 0 rings (SSSR count). The Morgan fingerprint density at radius 2 is 1.14 bits per heavy atom. The van der Waals surface area contributed by atoms with Gasteiger partial charge in [0.05, 0.1) is 13.4 Å². The number of rotatable bonds is 6. The van der Waals surface area contributed by atoms with Crippen molar-refractivity contribution < 1.29 is 4.74 Å². The molecule has 14 heavy (non-hydrogen) atoms. The van der Waals surface area contributed by atoms with Gasteiger partial charge in [-0.2, -0.15) is 0 Å². The van der Waals surface area contributed by atoms with E-state index < -0.39 is 0 Å². The molecule has 0 saturated carbocycles. The average Bonchev–Trinajstić information content (AvgIpc) is 2.21. The van der Waals surface area contributed by atoms with E-state index in [-0.39, 0.29) is 0 Å². The second kappa shape index (κ2) is 11.2. The lowest BCUT2D eigenvalue weighted by molar-refractivity contribution is 0.338. The van der Waals surface area contributed by atoms with E-state index in [9.17, 15) is 0 Å². The molecule has 0 spiro atoms. The average molecular weight is 188 g/mol. The van der Waals surface area contributed by atoms with E-state index in [0.717, 1.165) is 0 Å². The lowest BCUT2D eigenvalue weighted by Crippen LogP contribution is -1.60. The molecular weight excluding hydrogens is 172 g/mol. The van der Waals surface area contributed by atoms with Crippen molar-refractivity contribution in [3.8, 4) is 0 Å². The maximum atomic E-state index is 4.73. The van der Waals surface area contributed by atoms with Gasteiger partial charge in [-0.15, -0.1) is 0 Å². The molecule has 0 aliphatic heterocycles. The van der Waals surface area contributed by atoms with Gasteiger partial charge in [0.1, 0.15) is 0 Å². The van der Waals surface area contributed by atoms with Crippen molar-refractivity contribution in [2.75, 3.05) is 7.11 Å². The van der Waals surface area contributed by atoms with E-state index in [1.807, 2.05) is 54.7 Å². The van der Waals surface area contributed by atoms with E-state index in [4.69, 9.17) is 4.74 Å². The van der Waals surface area contributed by atoms with Gasteiger partial charge in [-0.25, -0.2) is 0 Å². The van der Waals surface area contributed by atoms with Crippen molar-refractivity contribution in [3.63, 3.8) is 0 Å². The standard InChI is InChI=1S/C13H16O/c1-3-4-5-6-7-8-9-10-11-12-13-14-2/h3-13H,1H2,2H3/b5-4+,7-6+,9-8+,11-10+,13-12+. The fraction of sp³-hybridized carbons (Fsp3) is 0.0769. The summed E-state index contributed by atoms with van der Waals surface area (Å²) in [6.45, 7) is 3.57. The third-order valence-corrected chi connectivity index (χ3v) is 1.24. The Labute approximate surface area is 86.1 Å². The molecule has 0 aromatic heterocycles. The van der Waals surface area contributed by atoms with Crippen LogP contribution in [-0.4, -0.2) is 7.11 Å². The minimum absolute atomic E-state index is 1.62. The van der Waals surface area contributed by atoms with Crippen LogP contribution in [0, 0.1) is 0 Å². The van der Waals surface area contributed by atoms with Crippen LogP contribution in [0.25, 0.3) is 0 Å². The van der Waals surface area contributed by atoms with Gasteiger partial charge in [0, 0.05) is 0 Å². The first kappa shape index (κ1) is 12.2.